The maximum Gasteiger partial charge on any atom is 0.287 e. The number of hydrogen-bond acceptors (Lipinski definition) is 4. The summed E-state index contributed by atoms with van der Waals surface area (Å²) in [5.41, 5.74) is 4.81. The molecule has 0 atom stereocenters. The number of nitrogens with zero attached hydrogens (tertiary/aromatic N) is 2. The molecule has 0 fully saturated rings. The van der Waals surface area contributed by atoms with Crippen LogP contribution >= 0.6 is 0 Å². The summed E-state index contributed by atoms with van der Waals surface area (Å²) in [5.74, 6) is -1.06. The van der Waals surface area contributed by atoms with E-state index < -0.39 is 11.8 Å². The van der Waals surface area contributed by atoms with E-state index in [0.717, 1.165) is 5.56 Å². The number of amides is 2. The molecule has 0 saturated carbocycles. The molecule has 8 heteroatoms. The highest BCUT2D eigenvalue weighted by Crippen LogP contribution is 2.08. The van der Waals surface area contributed by atoms with Gasteiger partial charge in [0, 0.05) is 11.3 Å². The van der Waals surface area contributed by atoms with Crippen LogP contribution < -0.4 is 16.3 Å². The van der Waals surface area contributed by atoms with Crippen molar-refractivity contribution in [3.05, 3.63) is 129 Å². The Morgan fingerprint density at radius 2 is 1.49 bits per heavy atom. The average molecular weight is 466 g/mol. The number of nitrogens with one attached hydrogen (secondary N) is 3. The van der Waals surface area contributed by atoms with Crippen LogP contribution in [0.5, 0.6) is 0 Å². The van der Waals surface area contributed by atoms with Crippen molar-refractivity contribution in [1.29, 1.82) is 0 Å². The number of hydrazone groups is 1. The van der Waals surface area contributed by atoms with E-state index in [0.29, 0.717) is 22.5 Å². The van der Waals surface area contributed by atoms with Crippen molar-refractivity contribution in [1.82, 2.24) is 20.5 Å². The van der Waals surface area contributed by atoms with Crippen LogP contribution in [-0.4, -0.2) is 27.8 Å². The lowest BCUT2D eigenvalue weighted by Crippen LogP contribution is -2.33. The third-order valence-electron chi connectivity index (χ3n) is 5.13. The SMILES string of the molecule is Cc1[nH]n(-c2ccccc2)c(=O)c1/C=N/NC(=O)C(=Cc1ccccc1)NC(=O)c1ccccc1. The molecule has 8 nitrogen and oxygen atoms in total. The second-order valence-corrected chi connectivity index (χ2v) is 7.61. The van der Waals surface area contributed by atoms with E-state index >= 15 is 0 Å². The maximum atomic E-state index is 12.9. The number of carbonyl (C=O) groups excluding carboxylic acids is 2. The third-order valence-corrected chi connectivity index (χ3v) is 5.13. The van der Waals surface area contributed by atoms with E-state index in [-0.39, 0.29) is 11.3 Å². The van der Waals surface area contributed by atoms with E-state index in [9.17, 15) is 14.4 Å². The van der Waals surface area contributed by atoms with Crippen molar-refractivity contribution in [3.8, 4) is 5.69 Å². The normalized spacial score (nSPS) is 11.4. The highest BCUT2D eigenvalue weighted by molar-refractivity contribution is 6.05. The molecule has 174 valence electrons. The van der Waals surface area contributed by atoms with E-state index in [1.807, 2.05) is 36.4 Å². The largest absolute Gasteiger partial charge is 0.317 e. The van der Waals surface area contributed by atoms with Gasteiger partial charge in [-0.15, -0.1) is 0 Å². The molecule has 3 aromatic carbocycles. The van der Waals surface area contributed by atoms with Crippen molar-refractivity contribution in [3.63, 3.8) is 0 Å². The van der Waals surface area contributed by atoms with Gasteiger partial charge in [-0.1, -0.05) is 66.7 Å². The molecule has 0 unspecified atom stereocenters. The van der Waals surface area contributed by atoms with E-state index in [4.69, 9.17) is 0 Å². The van der Waals surface area contributed by atoms with Crippen molar-refractivity contribution in [2.75, 3.05) is 0 Å². The highest BCUT2D eigenvalue weighted by Gasteiger charge is 2.15. The van der Waals surface area contributed by atoms with E-state index in [2.05, 4.69) is 20.9 Å². The van der Waals surface area contributed by atoms with Crippen LogP contribution in [0.25, 0.3) is 11.8 Å². The fraction of sp³-hybridized carbons (Fsp3) is 0.0370. The number of aromatic amines is 1. The Morgan fingerprint density at radius 1 is 0.886 bits per heavy atom. The number of H-pyrrole nitrogens is 1. The van der Waals surface area contributed by atoms with Crippen LogP contribution in [0, 0.1) is 6.92 Å². The predicted octanol–water partition coefficient (Wildman–Crippen LogP) is 3.40. The van der Waals surface area contributed by atoms with Gasteiger partial charge in [-0.2, -0.15) is 5.10 Å². The third kappa shape index (κ3) is 5.69. The van der Waals surface area contributed by atoms with Crippen molar-refractivity contribution < 1.29 is 9.59 Å². The number of carbonyl (C=O) groups is 2. The number of benzene rings is 3. The van der Waals surface area contributed by atoms with Crippen molar-refractivity contribution >= 4 is 24.1 Å². The van der Waals surface area contributed by atoms with Crippen LogP contribution in [0.2, 0.25) is 0 Å². The van der Waals surface area contributed by atoms with Crippen LogP contribution in [0.15, 0.2) is 107 Å². The van der Waals surface area contributed by atoms with Crippen LogP contribution in [0.3, 0.4) is 0 Å². The zero-order valence-electron chi connectivity index (χ0n) is 18.9. The smallest absolute Gasteiger partial charge is 0.287 e. The van der Waals surface area contributed by atoms with Gasteiger partial charge in [-0.3, -0.25) is 19.5 Å². The van der Waals surface area contributed by atoms with Gasteiger partial charge >= 0.3 is 0 Å². The Kier molecular flexibility index (Phi) is 7.13. The Hall–Kier alpha value is -4.98. The summed E-state index contributed by atoms with van der Waals surface area (Å²) < 4.78 is 1.40. The van der Waals surface area contributed by atoms with Crippen molar-refractivity contribution in [2.45, 2.75) is 6.92 Å². The van der Waals surface area contributed by atoms with Crippen molar-refractivity contribution in [2.24, 2.45) is 5.10 Å². The Morgan fingerprint density at radius 3 is 2.14 bits per heavy atom. The fourth-order valence-electron chi connectivity index (χ4n) is 3.34. The summed E-state index contributed by atoms with van der Waals surface area (Å²) in [6.07, 6.45) is 2.83. The van der Waals surface area contributed by atoms with Gasteiger partial charge in [-0.25, -0.2) is 10.1 Å². The van der Waals surface area contributed by atoms with Crippen LogP contribution in [0.4, 0.5) is 0 Å². The zero-order valence-corrected chi connectivity index (χ0v) is 18.9. The molecule has 1 aromatic heterocycles. The average Bonchev–Trinajstić information content (AvgIpc) is 3.18. The first-order chi connectivity index (χ1) is 17.0. The molecule has 0 spiro atoms. The topological polar surface area (TPSA) is 108 Å². The van der Waals surface area contributed by atoms with Gasteiger partial charge in [0.25, 0.3) is 17.4 Å². The molecule has 1 heterocycles. The summed E-state index contributed by atoms with van der Waals surface area (Å²) >= 11 is 0. The second kappa shape index (κ2) is 10.8. The first-order valence-electron chi connectivity index (χ1n) is 10.9. The van der Waals surface area contributed by atoms with Crippen LogP contribution in [-0.2, 0) is 4.79 Å². The molecule has 0 aliphatic heterocycles. The molecule has 35 heavy (non-hydrogen) atoms. The Bertz CT molecular complexity index is 1440. The Balaban J connectivity index is 1.54. The molecule has 0 radical (unpaired) electrons. The van der Waals surface area contributed by atoms with Gasteiger partial charge in [0.05, 0.1) is 17.5 Å². The summed E-state index contributed by atoms with van der Waals surface area (Å²) in [6.45, 7) is 1.74. The zero-order chi connectivity index (χ0) is 24.6. The van der Waals surface area contributed by atoms with E-state index in [1.54, 1.807) is 67.6 Å². The second-order valence-electron chi connectivity index (χ2n) is 7.61. The summed E-state index contributed by atoms with van der Waals surface area (Å²) in [6, 6.07) is 26.8. The molecule has 3 N–H and O–H groups in total. The van der Waals surface area contributed by atoms with Gasteiger partial charge in [0.1, 0.15) is 5.70 Å². The molecular weight excluding hydrogens is 442 g/mol. The lowest BCUT2D eigenvalue weighted by Gasteiger charge is -2.09. The van der Waals surface area contributed by atoms with Gasteiger partial charge in [-0.05, 0) is 42.8 Å². The van der Waals surface area contributed by atoms with Gasteiger partial charge in [0.15, 0.2) is 0 Å². The molecular formula is C27H23N5O3. The van der Waals surface area contributed by atoms with Gasteiger partial charge < -0.3 is 5.32 Å². The maximum absolute atomic E-state index is 12.9. The Labute approximate surface area is 201 Å². The minimum Gasteiger partial charge on any atom is -0.317 e. The standard InChI is InChI=1S/C27H23N5O3/c1-19-23(27(35)32(31-19)22-15-9-4-10-16-22)18-28-30-26(34)24(17-20-11-5-2-6-12-20)29-25(33)21-13-7-3-8-14-21/h2-18,31H,1H3,(H,29,33)(H,30,34)/b24-17?,28-18+. The lowest BCUT2D eigenvalue weighted by atomic mass is 10.1. The minimum absolute atomic E-state index is 0.00897. The predicted molar refractivity (Wildman–Crippen MR) is 135 cm³/mol. The molecule has 2 amide bonds. The summed E-state index contributed by atoms with van der Waals surface area (Å²) in [5, 5.41) is 9.60. The van der Waals surface area contributed by atoms with E-state index in [1.165, 1.54) is 10.9 Å². The first kappa shape index (κ1) is 23.2. The highest BCUT2D eigenvalue weighted by atomic mass is 16.2. The molecule has 0 aliphatic rings. The number of hydrogen-bond donors (Lipinski definition) is 3. The monoisotopic (exact) mass is 465 g/mol. The molecule has 0 bridgehead atoms. The number of aryl methyl sites for hydroxylation is 1. The molecule has 0 saturated heterocycles. The number of rotatable bonds is 7. The fourth-order valence-corrected chi connectivity index (χ4v) is 3.34. The molecule has 4 rings (SSSR count). The quantitative estimate of drug-likeness (QED) is 0.221. The van der Waals surface area contributed by atoms with Gasteiger partial charge in [0.2, 0.25) is 0 Å². The summed E-state index contributed by atoms with van der Waals surface area (Å²) in [4.78, 5) is 38.4. The molecule has 4 aromatic rings. The molecule has 0 aliphatic carbocycles. The minimum atomic E-state index is -0.633. The number of aromatic nitrogens is 2. The first-order valence-corrected chi connectivity index (χ1v) is 10.9. The number of para-hydroxylation sites is 1. The lowest BCUT2D eigenvalue weighted by molar-refractivity contribution is -0.117. The van der Waals surface area contributed by atoms with Crippen LogP contribution in [0.1, 0.15) is 27.2 Å². The summed E-state index contributed by atoms with van der Waals surface area (Å²) in [7, 11) is 0.